The lowest BCUT2D eigenvalue weighted by molar-refractivity contribution is -0.149. The zero-order valence-corrected chi connectivity index (χ0v) is 12.3. The van der Waals surface area contributed by atoms with Crippen LogP contribution in [-0.4, -0.2) is 44.9 Å². The highest BCUT2D eigenvalue weighted by atomic mass is 16.2. The molecule has 1 aromatic rings. The Morgan fingerprint density at radius 2 is 2.15 bits per heavy atom. The molecule has 0 saturated carbocycles. The van der Waals surface area contributed by atoms with Crippen LogP contribution in [0.2, 0.25) is 0 Å². The zero-order valence-electron chi connectivity index (χ0n) is 12.3. The molecule has 1 aliphatic heterocycles. The molecule has 2 atom stereocenters. The Labute approximate surface area is 119 Å². The minimum atomic E-state index is -0.433. The van der Waals surface area contributed by atoms with Gasteiger partial charge in [-0.05, 0) is 13.3 Å². The largest absolute Gasteiger partial charge is 0.343 e. The number of carbonyl (C=O) groups is 2. The molecule has 0 spiro atoms. The number of aryl methyl sites for hydroxylation is 1. The van der Waals surface area contributed by atoms with E-state index in [1.165, 1.54) is 0 Å². The monoisotopic (exact) mass is 278 g/mol. The van der Waals surface area contributed by atoms with E-state index in [1.807, 2.05) is 24.7 Å². The maximum Gasteiger partial charge on any atom is 0.245 e. The van der Waals surface area contributed by atoms with Crippen LogP contribution < -0.4 is 5.32 Å². The van der Waals surface area contributed by atoms with Crippen molar-refractivity contribution in [3.63, 3.8) is 0 Å². The Bertz CT molecular complexity index is 497. The Balaban J connectivity index is 2.09. The number of hydrogen-bond donors (Lipinski definition) is 1. The lowest BCUT2D eigenvalue weighted by Gasteiger charge is -2.37. The van der Waals surface area contributed by atoms with E-state index in [2.05, 4.69) is 10.3 Å². The number of carbonyl (C=O) groups excluding carboxylic acids is 2. The molecule has 2 unspecified atom stereocenters. The molecule has 1 fully saturated rings. The van der Waals surface area contributed by atoms with Crippen LogP contribution in [0.15, 0.2) is 12.4 Å². The highest BCUT2D eigenvalue weighted by molar-refractivity contribution is 5.96. The average molecular weight is 278 g/mol. The zero-order chi connectivity index (χ0) is 14.7. The summed E-state index contributed by atoms with van der Waals surface area (Å²) in [5.74, 6) is 0.878. The Kier molecular flexibility index (Phi) is 4.42. The standard InChI is InChI=1S/C14H22N4O2/c1-4-5-11-13(19)16-10(2)14(20)18(11)8-6-12-15-7-9-17(12)3/h7,9-11H,4-6,8H2,1-3H3,(H,16,19). The molecule has 0 radical (unpaired) electrons. The van der Waals surface area contributed by atoms with Crippen molar-refractivity contribution in [1.82, 2.24) is 19.8 Å². The maximum absolute atomic E-state index is 12.3. The van der Waals surface area contributed by atoms with Crippen LogP contribution in [0.5, 0.6) is 0 Å². The summed E-state index contributed by atoms with van der Waals surface area (Å²) in [7, 11) is 1.93. The molecule has 20 heavy (non-hydrogen) atoms. The molecule has 6 heteroatoms. The van der Waals surface area contributed by atoms with Gasteiger partial charge in [0.25, 0.3) is 0 Å². The van der Waals surface area contributed by atoms with E-state index < -0.39 is 6.04 Å². The fourth-order valence-corrected chi connectivity index (χ4v) is 2.60. The Morgan fingerprint density at radius 3 is 2.75 bits per heavy atom. The fraction of sp³-hybridized carbons (Fsp3) is 0.643. The molecular weight excluding hydrogens is 256 g/mol. The lowest BCUT2D eigenvalue weighted by Crippen LogP contribution is -2.62. The first-order chi connectivity index (χ1) is 9.54. The van der Waals surface area contributed by atoms with Crippen LogP contribution in [0.1, 0.15) is 32.5 Å². The van der Waals surface area contributed by atoms with Crippen molar-refractivity contribution in [3.8, 4) is 0 Å². The van der Waals surface area contributed by atoms with Crippen LogP contribution in [0, 0.1) is 0 Å². The molecule has 0 aliphatic carbocycles. The third kappa shape index (κ3) is 2.84. The van der Waals surface area contributed by atoms with Crippen molar-refractivity contribution in [2.24, 2.45) is 7.05 Å². The second-order valence-corrected chi connectivity index (χ2v) is 5.27. The van der Waals surface area contributed by atoms with Gasteiger partial charge in [-0.1, -0.05) is 13.3 Å². The van der Waals surface area contributed by atoms with Gasteiger partial charge < -0.3 is 14.8 Å². The average Bonchev–Trinajstić information content (AvgIpc) is 2.81. The van der Waals surface area contributed by atoms with Crippen molar-refractivity contribution < 1.29 is 9.59 Å². The number of imidazole rings is 1. The van der Waals surface area contributed by atoms with Gasteiger partial charge in [0.2, 0.25) is 11.8 Å². The molecule has 1 aliphatic rings. The summed E-state index contributed by atoms with van der Waals surface area (Å²) in [6.45, 7) is 4.29. The third-order valence-corrected chi connectivity index (χ3v) is 3.75. The van der Waals surface area contributed by atoms with Crippen molar-refractivity contribution in [2.75, 3.05) is 6.54 Å². The van der Waals surface area contributed by atoms with E-state index >= 15 is 0 Å². The number of amides is 2. The number of aromatic nitrogens is 2. The Hall–Kier alpha value is -1.85. The SMILES string of the molecule is CCCC1C(=O)NC(C)C(=O)N1CCc1nccn1C. The minimum Gasteiger partial charge on any atom is -0.343 e. The second-order valence-electron chi connectivity index (χ2n) is 5.27. The van der Waals surface area contributed by atoms with Crippen LogP contribution in [0.3, 0.4) is 0 Å². The molecule has 2 heterocycles. The molecule has 0 aromatic carbocycles. The van der Waals surface area contributed by atoms with Crippen molar-refractivity contribution in [1.29, 1.82) is 0 Å². The highest BCUT2D eigenvalue weighted by Gasteiger charge is 2.37. The van der Waals surface area contributed by atoms with E-state index in [0.29, 0.717) is 19.4 Å². The van der Waals surface area contributed by atoms with Gasteiger partial charge >= 0.3 is 0 Å². The summed E-state index contributed by atoms with van der Waals surface area (Å²) in [5, 5.41) is 2.75. The predicted molar refractivity (Wildman–Crippen MR) is 74.9 cm³/mol. The Morgan fingerprint density at radius 1 is 1.40 bits per heavy atom. The number of nitrogens with zero attached hydrogens (tertiary/aromatic N) is 3. The van der Waals surface area contributed by atoms with Gasteiger partial charge in [-0.25, -0.2) is 4.98 Å². The van der Waals surface area contributed by atoms with E-state index in [0.717, 1.165) is 12.2 Å². The summed E-state index contributed by atoms with van der Waals surface area (Å²) in [6, 6.07) is -0.777. The van der Waals surface area contributed by atoms with E-state index in [4.69, 9.17) is 0 Å². The summed E-state index contributed by atoms with van der Waals surface area (Å²) < 4.78 is 1.94. The van der Waals surface area contributed by atoms with Gasteiger partial charge in [0, 0.05) is 32.4 Å². The maximum atomic E-state index is 12.3. The molecule has 6 nitrogen and oxygen atoms in total. The smallest absolute Gasteiger partial charge is 0.245 e. The van der Waals surface area contributed by atoms with E-state index in [-0.39, 0.29) is 17.9 Å². The van der Waals surface area contributed by atoms with Gasteiger partial charge in [0.1, 0.15) is 17.9 Å². The second kappa shape index (κ2) is 6.07. The van der Waals surface area contributed by atoms with Gasteiger partial charge in [0.05, 0.1) is 0 Å². The van der Waals surface area contributed by atoms with Crippen LogP contribution >= 0.6 is 0 Å². The van der Waals surface area contributed by atoms with E-state index in [1.54, 1.807) is 18.0 Å². The fourth-order valence-electron chi connectivity index (χ4n) is 2.60. The third-order valence-electron chi connectivity index (χ3n) is 3.75. The molecule has 2 amide bonds. The molecular formula is C14H22N4O2. The van der Waals surface area contributed by atoms with Crippen LogP contribution in [-0.2, 0) is 23.1 Å². The molecule has 110 valence electrons. The summed E-state index contributed by atoms with van der Waals surface area (Å²) in [5.41, 5.74) is 0. The van der Waals surface area contributed by atoms with Crippen molar-refractivity contribution >= 4 is 11.8 Å². The van der Waals surface area contributed by atoms with Crippen LogP contribution in [0.25, 0.3) is 0 Å². The van der Waals surface area contributed by atoms with Gasteiger partial charge in [0.15, 0.2) is 0 Å². The normalized spacial score (nSPS) is 23.1. The summed E-state index contributed by atoms with van der Waals surface area (Å²) in [6.07, 6.45) is 5.86. The van der Waals surface area contributed by atoms with Gasteiger partial charge in [-0.3, -0.25) is 9.59 Å². The predicted octanol–water partition coefficient (Wildman–Crippen LogP) is 0.478. The van der Waals surface area contributed by atoms with Crippen molar-refractivity contribution in [2.45, 2.75) is 45.2 Å². The topological polar surface area (TPSA) is 67.2 Å². The lowest BCUT2D eigenvalue weighted by atomic mass is 10.0. The number of nitrogens with one attached hydrogen (secondary N) is 1. The summed E-state index contributed by atoms with van der Waals surface area (Å²) in [4.78, 5) is 30.3. The minimum absolute atomic E-state index is 0.00254. The number of hydrogen-bond acceptors (Lipinski definition) is 3. The highest BCUT2D eigenvalue weighted by Crippen LogP contribution is 2.15. The van der Waals surface area contributed by atoms with E-state index in [9.17, 15) is 9.59 Å². The van der Waals surface area contributed by atoms with Gasteiger partial charge in [-0.2, -0.15) is 0 Å². The first-order valence-corrected chi connectivity index (χ1v) is 7.11. The van der Waals surface area contributed by atoms with Gasteiger partial charge in [-0.15, -0.1) is 0 Å². The molecule has 2 rings (SSSR count). The first-order valence-electron chi connectivity index (χ1n) is 7.11. The summed E-state index contributed by atoms with van der Waals surface area (Å²) >= 11 is 0. The first kappa shape index (κ1) is 14.6. The molecule has 0 bridgehead atoms. The quantitative estimate of drug-likeness (QED) is 0.852. The van der Waals surface area contributed by atoms with Crippen LogP contribution in [0.4, 0.5) is 0 Å². The molecule has 1 aromatic heterocycles. The molecule has 1 N–H and O–H groups in total. The molecule has 1 saturated heterocycles. The van der Waals surface area contributed by atoms with Crippen molar-refractivity contribution in [3.05, 3.63) is 18.2 Å². The number of rotatable bonds is 5. The number of piperazine rings is 1.